The molecule has 0 spiro atoms. The van der Waals surface area contributed by atoms with E-state index in [-0.39, 0.29) is 17.6 Å². The highest BCUT2D eigenvalue weighted by molar-refractivity contribution is 7.80. The number of amides is 1. The Bertz CT molecular complexity index is 696. The number of thiocarbonyl (C=S) groups is 1. The molecule has 1 aliphatic carbocycles. The van der Waals surface area contributed by atoms with Crippen LogP contribution in [0.1, 0.15) is 37.7 Å². The minimum Gasteiger partial charge on any atom is -0.328 e. The molecule has 2 fully saturated rings. The van der Waals surface area contributed by atoms with Crippen LogP contribution in [0.4, 0.5) is 5.69 Å². The van der Waals surface area contributed by atoms with E-state index in [0.29, 0.717) is 16.4 Å². The first-order valence-electron chi connectivity index (χ1n) is 7.67. The van der Waals surface area contributed by atoms with E-state index in [2.05, 4.69) is 5.32 Å². The Balaban J connectivity index is 1.83. The van der Waals surface area contributed by atoms with Crippen molar-refractivity contribution in [3.8, 4) is 0 Å². The number of carbonyl (C=O) groups excluding carboxylic acids is 1. The van der Waals surface area contributed by atoms with Gasteiger partial charge in [0.05, 0.1) is 4.92 Å². The summed E-state index contributed by atoms with van der Waals surface area (Å²) in [6.45, 7) is 0. The van der Waals surface area contributed by atoms with Gasteiger partial charge in [-0.1, -0.05) is 31.4 Å². The zero-order valence-electron chi connectivity index (χ0n) is 12.5. The summed E-state index contributed by atoms with van der Waals surface area (Å²) in [6, 6.07) is 6.34. The number of nitrogens with one attached hydrogen (secondary N) is 1. The lowest BCUT2D eigenvalue weighted by Crippen LogP contribution is -2.41. The molecule has 1 aromatic rings. The maximum Gasteiger partial charge on any atom is 0.276 e. The summed E-state index contributed by atoms with van der Waals surface area (Å²) in [5.74, 6) is -0.145. The van der Waals surface area contributed by atoms with Crippen LogP contribution in [0.25, 0.3) is 6.08 Å². The van der Waals surface area contributed by atoms with Crippen molar-refractivity contribution in [1.29, 1.82) is 0 Å². The zero-order valence-corrected chi connectivity index (χ0v) is 13.3. The molecule has 1 saturated carbocycles. The summed E-state index contributed by atoms with van der Waals surface area (Å²) < 4.78 is 0. The van der Waals surface area contributed by atoms with Crippen LogP contribution in [0.3, 0.4) is 0 Å². The smallest absolute Gasteiger partial charge is 0.276 e. The number of nitro benzene ring substituents is 1. The number of non-ortho nitro benzene ring substituents is 1. The van der Waals surface area contributed by atoms with Gasteiger partial charge in [0.15, 0.2) is 5.11 Å². The Kier molecular flexibility index (Phi) is 4.38. The number of rotatable bonds is 3. The number of hydrogen-bond donors (Lipinski definition) is 1. The Morgan fingerprint density at radius 3 is 2.74 bits per heavy atom. The Morgan fingerprint density at radius 2 is 2.04 bits per heavy atom. The van der Waals surface area contributed by atoms with Gasteiger partial charge in [0.1, 0.15) is 5.70 Å². The van der Waals surface area contributed by atoms with Crippen molar-refractivity contribution < 1.29 is 9.72 Å². The van der Waals surface area contributed by atoms with Gasteiger partial charge in [0.2, 0.25) is 0 Å². The quantitative estimate of drug-likeness (QED) is 0.399. The van der Waals surface area contributed by atoms with Gasteiger partial charge in [-0.3, -0.25) is 19.8 Å². The van der Waals surface area contributed by atoms with Crippen LogP contribution in [0, 0.1) is 10.1 Å². The molecule has 1 heterocycles. The zero-order chi connectivity index (χ0) is 16.4. The van der Waals surface area contributed by atoms with Crippen molar-refractivity contribution in [3.63, 3.8) is 0 Å². The highest BCUT2D eigenvalue weighted by Crippen LogP contribution is 2.27. The number of carbonyl (C=O) groups is 1. The van der Waals surface area contributed by atoms with Crippen molar-refractivity contribution in [2.24, 2.45) is 0 Å². The van der Waals surface area contributed by atoms with Gasteiger partial charge in [-0.15, -0.1) is 0 Å². The molecule has 120 valence electrons. The molecule has 3 rings (SSSR count). The second kappa shape index (κ2) is 6.45. The van der Waals surface area contributed by atoms with Crippen LogP contribution in [0.15, 0.2) is 30.0 Å². The fourth-order valence-corrected chi connectivity index (χ4v) is 3.46. The third kappa shape index (κ3) is 3.24. The average molecular weight is 331 g/mol. The molecular weight excluding hydrogens is 314 g/mol. The monoisotopic (exact) mass is 331 g/mol. The Morgan fingerprint density at radius 1 is 1.30 bits per heavy atom. The number of benzene rings is 1. The van der Waals surface area contributed by atoms with Crippen molar-refractivity contribution in [2.45, 2.75) is 38.1 Å². The van der Waals surface area contributed by atoms with Gasteiger partial charge >= 0.3 is 0 Å². The SMILES string of the molecule is O=C1/C(=C\c2cccc([N+](=O)[O-])c2)NC(=S)N1C1CCCCC1. The summed E-state index contributed by atoms with van der Waals surface area (Å²) in [6.07, 6.45) is 6.98. The van der Waals surface area contributed by atoms with Crippen LogP contribution in [-0.4, -0.2) is 26.9 Å². The van der Waals surface area contributed by atoms with Crippen molar-refractivity contribution in [1.82, 2.24) is 10.2 Å². The first kappa shape index (κ1) is 15.6. The molecule has 6 nitrogen and oxygen atoms in total. The van der Waals surface area contributed by atoms with E-state index in [1.807, 2.05) is 0 Å². The first-order chi connectivity index (χ1) is 11.1. The normalized spacial score (nSPS) is 20.9. The van der Waals surface area contributed by atoms with Crippen molar-refractivity contribution in [3.05, 3.63) is 45.6 Å². The standard InChI is InChI=1S/C16H17N3O3S/c20-15-14(10-11-5-4-8-13(9-11)19(21)22)17-16(23)18(15)12-6-2-1-3-7-12/h4-5,8-10,12H,1-3,6-7H2,(H,17,23)/b14-10+. The van der Waals surface area contributed by atoms with Gasteiger partial charge in [-0.25, -0.2) is 0 Å². The lowest BCUT2D eigenvalue weighted by Gasteiger charge is -2.29. The molecule has 0 aromatic heterocycles. The van der Waals surface area contributed by atoms with Crippen LogP contribution in [0.5, 0.6) is 0 Å². The number of nitrogens with zero attached hydrogens (tertiary/aromatic N) is 2. The van der Waals surface area contributed by atoms with Crippen molar-refractivity contribution >= 4 is 35.0 Å². The predicted molar refractivity (Wildman–Crippen MR) is 90.5 cm³/mol. The van der Waals surface area contributed by atoms with Gasteiger partial charge in [-0.05, 0) is 36.7 Å². The molecule has 0 bridgehead atoms. The molecule has 1 aromatic carbocycles. The van der Waals surface area contributed by atoms with Crippen LogP contribution in [0.2, 0.25) is 0 Å². The average Bonchev–Trinajstić information content (AvgIpc) is 2.82. The Hall–Kier alpha value is -2.28. The largest absolute Gasteiger partial charge is 0.328 e. The van der Waals surface area contributed by atoms with E-state index >= 15 is 0 Å². The molecule has 7 heteroatoms. The minimum atomic E-state index is -0.454. The molecular formula is C16H17N3O3S. The summed E-state index contributed by atoms with van der Waals surface area (Å²) in [5.41, 5.74) is 0.973. The van der Waals surface area contributed by atoms with E-state index in [1.54, 1.807) is 23.1 Å². The summed E-state index contributed by atoms with van der Waals surface area (Å²) >= 11 is 5.30. The fraction of sp³-hybridized carbons (Fsp3) is 0.375. The summed E-state index contributed by atoms with van der Waals surface area (Å²) in [4.78, 5) is 24.7. The second-order valence-corrected chi connectivity index (χ2v) is 6.19. The number of nitro groups is 1. The van der Waals surface area contributed by atoms with E-state index in [1.165, 1.54) is 18.6 Å². The topological polar surface area (TPSA) is 75.5 Å². The molecule has 1 amide bonds. The van der Waals surface area contributed by atoms with Crippen LogP contribution >= 0.6 is 12.2 Å². The van der Waals surface area contributed by atoms with Gasteiger partial charge in [0.25, 0.3) is 11.6 Å². The Labute approximate surface area is 139 Å². The molecule has 0 atom stereocenters. The van der Waals surface area contributed by atoms with Crippen molar-refractivity contribution in [2.75, 3.05) is 0 Å². The molecule has 0 unspecified atom stereocenters. The highest BCUT2D eigenvalue weighted by Gasteiger charge is 2.36. The molecule has 1 aliphatic heterocycles. The fourth-order valence-electron chi connectivity index (χ4n) is 3.11. The predicted octanol–water partition coefficient (Wildman–Crippen LogP) is 2.99. The van der Waals surface area contributed by atoms with Gasteiger partial charge in [0, 0.05) is 18.2 Å². The lowest BCUT2D eigenvalue weighted by atomic mass is 9.94. The molecule has 0 radical (unpaired) electrons. The van der Waals surface area contributed by atoms with E-state index in [4.69, 9.17) is 12.2 Å². The highest BCUT2D eigenvalue weighted by atomic mass is 32.1. The summed E-state index contributed by atoms with van der Waals surface area (Å²) in [7, 11) is 0. The first-order valence-corrected chi connectivity index (χ1v) is 8.08. The van der Waals surface area contributed by atoms with E-state index in [9.17, 15) is 14.9 Å². The van der Waals surface area contributed by atoms with Crippen LogP contribution < -0.4 is 5.32 Å². The molecule has 1 N–H and O–H groups in total. The number of hydrogen-bond acceptors (Lipinski definition) is 4. The van der Waals surface area contributed by atoms with Gasteiger partial charge in [-0.2, -0.15) is 0 Å². The third-order valence-corrected chi connectivity index (χ3v) is 4.54. The molecule has 1 saturated heterocycles. The van der Waals surface area contributed by atoms with Crippen LogP contribution in [-0.2, 0) is 4.79 Å². The minimum absolute atomic E-state index is 0.00323. The molecule has 23 heavy (non-hydrogen) atoms. The van der Waals surface area contributed by atoms with E-state index < -0.39 is 4.92 Å². The lowest BCUT2D eigenvalue weighted by molar-refractivity contribution is -0.384. The third-order valence-electron chi connectivity index (χ3n) is 4.24. The maximum atomic E-state index is 12.6. The molecule has 2 aliphatic rings. The van der Waals surface area contributed by atoms with E-state index in [0.717, 1.165) is 25.7 Å². The second-order valence-electron chi connectivity index (χ2n) is 5.81. The maximum absolute atomic E-state index is 12.6. The van der Waals surface area contributed by atoms with Gasteiger partial charge < -0.3 is 5.32 Å². The summed E-state index contributed by atoms with van der Waals surface area (Å²) in [5, 5.41) is 14.2.